The maximum absolute atomic E-state index is 12.2. The summed E-state index contributed by atoms with van der Waals surface area (Å²) in [6.07, 6.45) is 9.60. The molecule has 0 aromatic carbocycles. The van der Waals surface area contributed by atoms with Crippen LogP contribution in [0.1, 0.15) is 64.7 Å². The lowest BCUT2D eigenvalue weighted by Crippen LogP contribution is -2.55. The summed E-state index contributed by atoms with van der Waals surface area (Å²) < 4.78 is 5.68. The number of hydrogen-bond acceptors (Lipinski definition) is 3. The molecule has 3 N–H and O–H groups in total. The van der Waals surface area contributed by atoms with Crippen LogP contribution in [0.4, 0.5) is 0 Å². The van der Waals surface area contributed by atoms with E-state index in [-0.39, 0.29) is 17.6 Å². The normalized spacial score (nSPS) is 34.7. The van der Waals surface area contributed by atoms with Crippen molar-refractivity contribution >= 4 is 5.91 Å². The predicted molar refractivity (Wildman–Crippen MR) is 80.4 cm³/mol. The van der Waals surface area contributed by atoms with Crippen molar-refractivity contribution in [3.63, 3.8) is 0 Å². The minimum atomic E-state index is -0.142. The first kappa shape index (κ1) is 15.8. The molecule has 4 nitrogen and oxygen atoms in total. The van der Waals surface area contributed by atoms with Gasteiger partial charge in [-0.1, -0.05) is 6.92 Å². The number of amides is 1. The summed E-state index contributed by atoms with van der Waals surface area (Å²) >= 11 is 0. The zero-order valence-electron chi connectivity index (χ0n) is 12.8. The summed E-state index contributed by atoms with van der Waals surface area (Å²) in [6.45, 7) is 3.70. The first-order valence-corrected chi connectivity index (χ1v) is 8.26. The van der Waals surface area contributed by atoms with E-state index < -0.39 is 0 Å². The molecular weight excluding hydrogens is 252 g/mol. The number of ether oxygens (including phenoxy) is 1. The van der Waals surface area contributed by atoms with Crippen LogP contribution >= 0.6 is 0 Å². The highest BCUT2D eigenvalue weighted by molar-refractivity contribution is 5.76. The standard InChI is InChI=1S/C16H30N2O2/c1-13-7-9-16(12-17,10-8-13)18-15(19)6-5-14-4-2-3-11-20-14/h13-14H,2-12,17H2,1H3,(H,18,19). The number of nitrogens with two attached hydrogens (primary N) is 1. The van der Waals surface area contributed by atoms with Gasteiger partial charge in [-0.3, -0.25) is 4.79 Å². The van der Waals surface area contributed by atoms with E-state index in [1.54, 1.807) is 0 Å². The van der Waals surface area contributed by atoms with Gasteiger partial charge in [-0.2, -0.15) is 0 Å². The molecule has 1 amide bonds. The Hall–Kier alpha value is -0.610. The van der Waals surface area contributed by atoms with Gasteiger partial charge in [0, 0.05) is 19.6 Å². The molecule has 0 spiro atoms. The minimum absolute atomic E-state index is 0.142. The Morgan fingerprint density at radius 3 is 2.65 bits per heavy atom. The second kappa shape index (κ2) is 7.41. The highest BCUT2D eigenvalue weighted by Gasteiger charge is 2.34. The molecule has 20 heavy (non-hydrogen) atoms. The van der Waals surface area contributed by atoms with Crippen molar-refractivity contribution in [2.75, 3.05) is 13.2 Å². The van der Waals surface area contributed by atoms with E-state index in [2.05, 4.69) is 12.2 Å². The van der Waals surface area contributed by atoms with Gasteiger partial charge < -0.3 is 15.8 Å². The highest BCUT2D eigenvalue weighted by Crippen LogP contribution is 2.31. The summed E-state index contributed by atoms with van der Waals surface area (Å²) in [5.41, 5.74) is 5.79. The highest BCUT2D eigenvalue weighted by atomic mass is 16.5. The van der Waals surface area contributed by atoms with Crippen LogP contribution in [0.2, 0.25) is 0 Å². The summed E-state index contributed by atoms with van der Waals surface area (Å²) in [6, 6.07) is 0. The van der Waals surface area contributed by atoms with Gasteiger partial charge in [-0.05, 0) is 57.3 Å². The SMILES string of the molecule is CC1CCC(CN)(NC(=O)CCC2CCCCO2)CC1. The average Bonchev–Trinajstić information content (AvgIpc) is 2.49. The van der Waals surface area contributed by atoms with E-state index in [4.69, 9.17) is 10.5 Å². The number of hydrogen-bond donors (Lipinski definition) is 2. The van der Waals surface area contributed by atoms with E-state index in [1.165, 1.54) is 19.3 Å². The Kier molecular flexibility index (Phi) is 5.85. The van der Waals surface area contributed by atoms with Crippen LogP contribution in [-0.4, -0.2) is 30.7 Å². The number of rotatable bonds is 5. The predicted octanol–water partition coefficient (Wildman–Crippen LogP) is 2.36. The van der Waals surface area contributed by atoms with Gasteiger partial charge in [0.25, 0.3) is 0 Å². The monoisotopic (exact) mass is 282 g/mol. The van der Waals surface area contributed by atoms with E-state index in [0.29, 0.717) is 13.0 Å². The number of nitrogens with one attached hydrogen (secondary N) is 1. The largest absolute Gasteiger partial charge is 0.378 e. The lowest BCUT2D eigenvalue weighted by Gasteiger charge is -2.39. The van der Waals surface area contributed by atoms with Crippen molar-refractivity contribution in [2.45, 2.75) is 76.4 Å². The van der Waals surface area contributed by atoms with Crippen LogP contribution in [0.3, 0.4) is 0 Å². The van der Waals surface area contributed by atoms with Gasteiger partial charge in [0.2, 0.25) is 5.91 Å². The van der Waals surface area contributed by atoms with Crippen LogP contribution in [0.15, 0.2) is 0 Å². The second-order valence-corrected chi connectivity index (χ2v) is 6.74. The average molecular weight is 282 g/mol. The van der Waals surface area contributed by atoms with Crippen LogP contribution < -0.4 is 11.1 Å². The molecule has 1 aliphatic heterocycles. The third kappa shape index (κ3) is 4.45. The van der Waals surface area contributed by atoms with Gasteiger partial charge in [0.05, 0.1) is 11.6 Å². The molecule has 116 valence electrons. The Morgan fingerprint density at radius 1 is 1.30 bits per heavy atom. The Bertz CT molecular complexity index is 306. The van der Waals surface area contributed by atoms with Gasteiger partial charge in [-0.25, -0.2) is 0 Å². The van der Waals surface area contributed by atoms with Crippen molar-refractivity contribution in [3.05, 3.63) is 0 Å². The van der Waals surface area contributed by atoms with E-state index >= 15 is 0 Å². The van der Waals surface area contributed by atoms with Gasteiger partial charge in [0.1, 0.15) is 0 Å². The van der Waals surface area contributed by atoms with E-state index in [0.717, 1.165) is 44.6 Å². The van der Waals surface area contributed by atoms with Crippen LogP contribution in [0.25, 0.3) is 0 Å². The molecule has 0 bridgehead atoms. The van der Waals surface area contributed by atoms with E-state index in [1.807, 2.05) is 0 Å². The molecule has 0 radical (unpaired) electrons. The molecule has 2 aliphatic rings. The van der Waals surface area contributed by atoms with Crippen molar-refractivity contribution in [3.8, 4) is 0 Å². The van der Waals surface area contributed by atoms with Crippen LogP contribution in [0.5, 0.6) is 0 Å². The summed E-state index contributed by atoms with van der Waals surface area (Å²) in [5, 5.41) is 3.22. The van der Waals surface area contributed by atoms with Crippen molar-refractivity contribution in [1.82, 2.24) is 5.32 Å². The third-order valence-electron chi connectivity index (χ3n) is 4.99. The lowest BCUT2D eigenvalue weighted by molar-refractivity contribution is -0.124. The van der Waals surface area contributed by atoms with Crippen molar-refractivity contribution in [2.24, 2.45) is 11.7 Å². The van der Waals surface area contributed by atoms with Crippen molar-refractivity contribution < 1.29 is 9.53 Å². The maximum atomic E-state index is 12.2. The van der Waals surface area contributed by atoms with E-state index in [9.17, 15) is 4.79 Å². The molecular formula is C16H30N2O2. The fourth-order valence-electron chi connectivity index (χ4n) is 3.38. The molecule has 1 unspecified atom stereocenters. The molecule has 0 aromatic rings. The molecule has 2 rings (SSSR count). The maximum Gasteiger partial charge on any atom is 0.220 e. The Morgan fingerprint density at radius 2 is 2.05 bits per heavy atom. The second-order valence-electron chi connectivity index (χ2n) is 6.74. The fraction of sp³-hybridized carbons (Fsp3) is 0.938. The topological polar surface area (TPSA) is 64.3 Å². The molecule has 0 aromatic heterocycles. The summed E-state index contributed by atoms with van der Waals surface area (Å²) in [5.74, 6) is 0.918. The quantitative estimate of drug-likeness (QED) is 0.813. The molecule has 1 saturated heterocycles. The number of carbonyl (C=O) groups is 1. The first-order chi connectivity index (χ1) is 9.63. The van der Waals surface area contributed by atoms with Gasteiger partial charge in [-0.15, -0.1) is 0 Å². The Labute approximate surface area is 122 Å². The number of carbonyl (C=O) groups excluding carboxylic acids is 1. The van der Waals surface area contributed by atoms with Gasteiger partial charge in [0.15, 0.2) is 0 Å². The Balaban J connectivity index is 1.74. The molecule has 1 heterocycles. The van der Waals surface area contributed by atoms with Crippen molar-refractivity contribution in [1.29, 1.82) is 0 Å². The molecule has 4 heteroatoms. The molecule has 1 atom stereocenters. The van der Waals surface area contributed by atoms with Gasteiger partial charge >= 0.3 is 0 Å². The summed E-state index contributed by atoms with van der Waals surface area (Å²) in [7, 11) is 0. The zero-order valence-corrected chi connectivity index (χ0v) is 12.8. The smallest absolute Gasteiger partial charge is 0.220 e. The van der Waals surface area contributed by atoms with Crippen LogP contribution in [0, 0.1) is 5.92 Å². The summed E-state index contributed by atoms with van der Waals surface area (Å²) in [4.78, 5) is 12.2. The molecule has 1 saturated carbocycles. The fourth-order valence-corrected chi connectivity index (χ4v) is 3.38. The third-order valence-corrected chi connectivity index (χ3v) is 4.99. The zero-order chi connectivity index (χ0) is 14.4. The first-order valence-electron chi connectivity index (χ1n) is 8.26. The molecule has 1 aliphatic carbocycles. The minimum Gasteiger partial charge on any atom is -0.378 e. The lowest BCUT2D eigenvalue weighted by atomic mass is 9.77. The van der Waals surface area contributed by atoms with Crippen LogP contribution in [-0.2, 0) is 9.53 Å². The molecule has 2 fully saturated rings.